The van der Waals surface area contributed by atoms with Gasteiger partial charge in [0.2, 0.25) is 0 Å². The molecule has 1 amide bonds. The zero-order valence-corrected chi connectivity index (χ0v) is 11.0. The Morgan fingerprint density at radius 1 is 1.10 bits per heavy atom. The summed E-state index contributed by atoms with van der Waals surface area (Å²) in [5.41, 5.74) is 2.34. The van der Waals surface area contributed by atoms with E-state index < -0.39 is 0 Å². The Balaban J connectivity index is 1.83. The van der Waals surface area contributed by atoms with Crippen LogP contribution in [0.4, 0.5) is 0 Å². The molecule has 0 aliphatic heterocycles. The maximum absolute atomic E-state index is 12.1. The fourth-order valence-corrected chi connectivity index (χ4v) is 2.10. The lowest BCUT2D eigenvalue weighted by Gasteiger charge is -2.14. The zero-order chi connectivity index (χ0) is 13.9. The van der Waals surface area contributed by atoms with Crippen LogP contribution in [0.2, 0.25) is 0 Å². The highest BCUT2D eigenvalue weighted by Crippen LogP contribution is 2.14. The molecule has 100 valence electrons. The number of amides is 1. The van der Waals surface area contributed by atoms with Gasteiger partial charge in [0, 0.05) is 5.56 Å². The molecule has 0 saturated heterocycles. The van der Waals surface area contributed by atoms with E-state index in [-0.39, 0.29) is 12.1 Å². The van der Waals surface area contributed by atoms with Gasteiger partial charge in [-0.25, -0.2) is 4.68 Å². The highest BCUT2D eigenvalue weighted by molar-refractivity contribution is 5.94. The minimum Gasteiger partial charge on any atom is -0.330 e. The molecule has 3 rings (SSSR count). The largest absolute Gasteiger partial charge is 0.330 e. The lowest BCUT2D eigenvalue weighted by Crippen LogP contribution is -2.31. The topological polar surface area (TPSA) is 59.8 Å². The van der Waals surface area contributed by atoms with E-state index in [9.17, 15) is 4.79 Å². The quantitative estimate of drug-likeness (QED) is 0.791. The number of rotatable bonds is 3. The Bertz CT molecular complexity index is 736. The van der Waals surface area contributed by atoms with E-state index in [0.29, 0.717) is 5.56 Å². The Morgan fingerprint density at radius 3 is 2.60 bits per heavy atom. The number of fused-ring (bicyclic) bond motifs is 1. The SMILES string of the molecule is CC(NC(=O)c1ccccc1)n1nnc2ccccc21. The van der Waals surface area contributed by atoms with Gasteiger partial charge in [0.1, 0.15) is 11.7 Å². The van der Waals surface area contributed by atoms with Crippen molar-refractivity contribution < 1.29 is 4.79 Å². The van der Waals surface area contributed by atoms with Crippen molar-refractivity contribution in [3.63, 3.8) is 0 Å². The van der Waals surface area contributed by atoms with Gasteiger partial charge >= 0.3 is 0 Å². The normalized spacial score (nSPS) is 12.2. The Kier molecular flexibility index (Phi) is 3.16. The molecule has 5 heteroatoms. The first-order valence-corrected chi connectivity index (χ1v) is 6.41. The molecule has 0 bridgehead atoms. The molecule has 20 heavy (non-hydrogen) atoms. The molecule has 0 radical (unpaired) electrons. The van der Waals surface area contributed by atoms with Crippen LogP contribution in [0.3, 0.4) is 0 Å². The van der Waals surface area contributed by atoms with Gasteiger partial charge in [-0.3, -0.25) is 4.79 Å². The molecule has 5 nitrogen and oxygen atoms in total. The molecule has 1 N–H and O–H groups in total. The second-order valence-corrected chi connectivity index (χ2v) is 4.54. The predicted octanol–water partition coefficient (Wildman–Crippen LogP) is 2.38. The standard InChI is InChI=1S/C15H14N4O/c1-11(16-15(20)12-7-3-2-4-8-12)19-14-10-6-5-9-13(14)17-18-19/h2-11H,1H3,(H,16,20). The van der Waals surface area contributed by atoms with Crippen LogP contribution < -0.4 is 5.32 Å². The summed E-state index contributed by atoms with van der Waals surface area (Å²) in [6, 6.07) is 16.8. The van der Waals surface area contributed by atoms with Gasteiger partial charge in [0.05, 0.1) is 5.52 Å². The fraction of sp³-hybridized carbons (Fsp3) is 0.133. The number of nitrogens with zero attached hydrogens (tertiary/aromatic N) is 3. The third kappa shape index (κ3) is 2.25. The number of benzene rings is 2. The van der Waals surface area contributed by atoms with Crippen LogP contribution in [-0.2, 0) is 0 Å². The van der Waals surface area contributed by atoms with E-state index in [1.54, 1.807) is 16.8 Å². The summed E-state index contributed by atoms with van der Waals surface area (Å²) in [6.45, 7) is 1.88. The smallest absolute Gasteiger partial charge is 0.252 e. The lowest BCUT2D eigenvalue weighted by molar-refractivity contribution is 0.0922. The third-order valence-electron chi connectivity index (χ3n) is 3.12. The van der Waals surface area contributed by atoms with Crippen molar-refractivity contribution in [2.24, 2.45) is 0 Å². The van der Waals surface area contributed by atoms with Gasteiger partial charge in [-0.15, -0.1) is 5.10 Å². The van der Waals surface area contributed by atoms with Crippen molar-refractivity contribution in [1.29, 1.82) is 0 Å². The number of carbonyl (C=O) groups is 1. The number of hydrogen-bond donors (Lipinski definition) is 1. The van der Waals surface area contributed by atoms with Crippen molar-refractivity contribution in [2.75, 3.05) is 0 Å². The lowest BCUT2D eigenvalue weighted by atomic mass is 10.2. The second-order valence-electron chi connectivity index (χ2n) is 4.54. The third-order valence-corrected chi connectivity index (χ3v) is 3.12. The van der Waals surface area contributed by atoms with Crippen molar-refractivity contribution in [1.82, 2.24) is 20.3 Å². The summed E-state index contributed by atoms with van der Waals surface area (Å²) in [4.78, 5) is 12.1. The van der Waals surface area contributed by atoms with E-state index in [4.69, 9.17) is 0 Å². The highest BCUT2D eigenvalue weighted by Gasteiger charge is 2.14. The van der Waals surface area contributed by atoms with Crippen LogP contribution in [0.15, 0.2) is 54.6 Å². The summed E-state index contributed by atoms with van der Waals surface area (Å²) < 4.78 is 1.70. The monoisotopic (exact) mass is 266 g/mol. The molecule has 1 heterocycles. The summed E-state index contributed by atoms with van der Waals surface area (Å²) >= 11 is 0. The summed E-state index contributed by atoms with van der Waals surface area (Å²) in [5.74, 6) is -0.127. The molecule has 0 fully saturated rings. The maximum Gasteiger partial charge on any atom is 0.252 e. The van der Waals surface area contributed by atoms with E-state index in [2.05, 4.69) is 15.6 Å². The molecular weight excluding hydrogens is 252 g/mol. The second kappa shape index (κ2) is 5.13. The summed E-state index contributed by atoms with van der Waals surface area (Å²) in [6.07, 6.45) is -0.268. The summed E-state index contributed by atoms with van der Waals surface area (Å²) in [7, 11) is 0. The van der Waals surface area contributed by atoms with Crippen molar-refractivity contribution >= 4 is 16.9 Å². The average Bonchev–Trinajstić information content (AvgIpc) is 2.92. The highest BCUT2D eigenvalue weighted by atomic mass is 16.1. The first-order valence-electron chi connectivity index (χ1n) is 6.41. The van der Waals surface area contributed by atoms with Crippen LogP contribution in [0.25, 0.3) is 11.0 Å². The Labute approximate surface area is 116 Å². The number of aromatic nitrogens is 3. The number of nitrogens with one attached hydrogen (secondary N) is 1. The Morgan fingerprint density at radius 2 is 1.80 bits per heavy atom. The molecule has 1 aromatic heterocycles. The number of carbonyl (C=O) groups excluding carboxylic acids is 1. The van der Waals surface area contributed by atoms with Crippen molar-refractivity contribution in [2.45, 2.75) is 13.1 Å². The molecule has 0 spiro atoms. The maximum atomic E-state index is 12.1. The van der Waals surface area contributed by atoms with E-state index in [1.807, 2.05) is 49.4 Å². The van der Waals surface area contributed by atoms with E-state index in [1.165, 1.54) is 0 Å². The van der Waals surface area contributed by atoms with Crippen LogP contribution in [0.5, 0.6) is 0 Å². The van der Waals surface area contributed by atoms with Crippen LogP contribution in [0.1, 0.15) is 23.4 Å². The van der Waals surface area contributed by atoms with E-state index >= 15 is 0 Å². The average molecular weight is 266 g/mol. The van der Waals surface area contributed by atoms with Gasteiger partial charge in [-0.1, -0.05) is 35.5 Å². The van der Waals surface area contributed by atoms with Crippen LogP contribution >= 0.6 is 0 Å². The minimum atomic E-state index is -0.268. The summed E-state index contributed by atoms with van der Waals surface area (Å²) in [5, 5.41) is 11.1. The fourth-order valence-electron chi connectivity index (χ4n) is 2.10. The zero-order valence-electron chi connectivity index (χ0n) is 11.0. The minimum absolute atomic E-state index is 0.127. The molecule has 0 aliphatic carbocycles. The molecule has 3 aromatic rings. The predicted molar refractivity (Wildman–Crippen MR) is 76.1 cm³/mol. The Hall–Kier alpha value is -2.69. The van der Waals surface area contributed by atoms with Crippen LogP contribution in [0, 0.1) is 0 Å². The number of para-hydroxylation sites is 1. The first-order chi connectivity index (χ1) is 9.75. The first kappa shape index (κ1) is 12.3. The number of hydrogen-bond acceptors (Lipinski definition) is 3. The van der Waals surface area contributed by atoms with Crippen molar-refractivity contribution in [3.8, 4) is 0 Å². The van der Waals surface area contributed by atoms with E-state index in [0.717, 1.165) is 11.0 Å². The van der Waals surface area contributed by atoms with Gasteiger partial charge in [0.15, 0.2) is 0 Å². The van der Waals surface area contributed by atoms with Gasteiger partial charge in [-0.2, -0.15) is 0 Å². The molecular formula is C15H14N4O. The molecule has 1 unspecified atom stereocenters. The molecule has 0 aliphatic rings. The van der Waals surface area contributed by atoms with Gasteiger partial charge in [-0.05, 0) is 31.2 Å². The molecule has 2 aromatic carbocycles. The van der Waals surface area contributed by atoms with Gasteiger partial charge < -0.3 is 5.32 Å². The van der Waals surface area contributed by atoms with Crippen LogP contribution in [-0.4, -0.2) is 20.9 Å². The van der Waals surface area contributed by atoms with Crippen molar-refractivity contribution in [3.05, 3.63) is 60.2 Å². The molecule has 0 saturated carbocycles. The van der Waals surface area contributed by atoms with Gasteiger partial charge in [0.25, 0.3) is 5.91 Å². The molecule has 1 atom stereocenters.